The first-order valence-corrected chi connectivity index (χ1v) is 9.67. The molecule has 1 heterocycles. The number of fused-ring (bicyclic) bond motifs is 5. The number of rotatable bonds is 5. The second-order valence-electron chi connectivity index (χ2n) is 6.76. The molecule has 7 heteroatoms. The molecule has 4 unspecified atom stereocenters. The van der Waals surface area contributed by atoms with Crippen LogP contribution in [0, 0.1) is 39.6 Å². The number of benzene rings is 1. The van der Waals surface area contributed by atoms with Crippen LogP contribution in [0.3, 0.4) is 0 Å². The number of terminal acetylenes is 1. The minimum absolute atomic E-state index is 0.135. The zero-order chi connectivity index (χ0) is 19.1. The number of amides is 2. The predicted octanol–water partition coefficient (Wildman–Crippen LogP) is 2.45. The minimum atomic E-state index is -0.251. The Morgan fingerprint density at radius 3 is 2.56 bits per heavy atom. The van der Waals surface area contributed by atoms with Gasteiger partial charge in [0.1, 0.15) is 6.61 Å². The number of carbonyl (C=O) groups is 2. The molecule has 27 heavy (non-hydrogen) atoms. The molecule has 1 saturated heterocycles. The van der Waals surface area contributed by atoms with E-state index in [-0.39, 0.29) is 42.1 Å². The normalized spacial score (nSPS) is 28.1. The van der Waals surface area contributed by atoms with Crippen LogP contribution in [0.25, 0.3) is 0 Å². The Morgan fingerprint density at radius 2 is 1.96 bits per heavy atom. The maximum atomic E-state index is 12.7. The summed E-state index contributed by atoms with van der Waals surface area (Å²) in [6.07, 6.45) is 11.8. The summed E-state index contributed by atoms with van der Waals surface area (Å²) < 4.78 is 11.7. The second kappa shape index (κ2) is 7.00. The molecule has 3 aliphatic rings. The van der Waals surface area contributed by atoms with Crippen molar-refractivity contribution in [2.24, 2.45) is 28.8 Å². The molecule has 4 rings (SSSR count). The van der Waals surface area contributed by atoms with Gasteiger partial charge >= 0.3 is 0 Å². The summed E-state index contributed by atoms with van der Waals surface area (Å²) >= 11 is 2.12. The number of methoxy groups -OCH3 is 1. The molecular formula is C20H17IN2O4. The van der Waals surface area contributed by atoms with Crippen molar-refractivity contribution in [3.05, 3.63) is 33.4 Å². The maximum absolute atomic E-state index is 12.7. The van der Waals surface area contributed by atoms with Gasteiger partial charge in [0.05, 0.1) is 28.7 Å². The van der Waals surface area contributed by atoms with Gasteiger partial charge in [-0.3, -0.25) is 9.59 Å². The standard InChI is InChI=1S/C20H17IN2O4/c1-3-6-27-18-14(21)7-11(8-15(18)26-2)10-22-23-19(24)16-12-4-5-13(9-12)17(16)20(23)25/h1,4-5,7-8,10,12-13,16-17H,6,9H2,2H3. The Morgan fingerprint density at radius 1 is 1.30 bits per heavy atom. The van der Waals surface area contributed by atoms with E-state index < -0.39 is 0 Å². The summed E-state index contributed by atoms with van der Waals surface area (Å²) in [5, 5.41) is 5.22. The number of hydrazone groups is 1. The van der Waals surface area contributed by atoms with Gasteiger partial charge in [0, 0.05) is 0 Å². The van der Waals surface area contributed by atoms with Gasteiger partial charge in [-0.1, -0.05) is 18.1 Å². The molecule has 2 bridgehead atoms. The quantitative estimate of drug-likeness (QED) is 0.215. The molecular weight excluding hydrogens is 459 g/mol. The Labute approximate surface area is 170 Å². The molecule has 1 aromatic carbocycles. The molecule has 138 valence electrons. The Bertz CT molecular complexity index is 887. The smallest absolute Gasteiger partial charge is 0.254 e. The van der Waals surface area contributed by atoms with Gasteiger partial charge in [0.2, 0.25) is 0 Å². The van der Waals surface area contributed by atoms with E-state index in [0.717, 1.165) is 15.0 Å². The first kappa shape index (κ1) is 18.0. The molecule has 0 aromatic heterocycles. The number of hydrogen-bond donors (Lipinski definition) is 0. The molecule has 1 aromatic rings. The van der Waals surface area contributed by atoms with E-state index in [1.165, 1.54) is 13.3 Å². The van der Waals surface area contributed by atoms with Crippen LogP contribution in [0.4, 0.5) is 0 Å². The monoisotopic (exact) mass is 476 g/mol. The van der Waals surface area contributed by atoms with Crippen LogP contribution in [0.1, 0.15) is 12.0 Å². The molecule has 4 atom stereocenters. The van der Waals surface area contributed by atoms with E-state index in [4.69, 9.17) is 15.9 Å². The van der Waals surface area contributed by atoms with Gasteiger partial charge in [0.25, 0.3) is 11.8 Å². The van der Waals surface area contributed by atoms with Crippen LogP contribution >= 0.6 is 22.6 Å². The molecule has 2 fully saturated rings. The number of allylic oxidation sites excluding steroid dienone is 2. The first-order valence-electron chi connectivity index (χ1n) is 8.59. The number of hydrogen-bond acceptors (Lipinski definition) is 5. The number of carbonyl (C=O) groups excluding carboxylic acids is 2. The van der Waals surface area contributed by atoms with Gasteiger partial charge in [-0.25, -0.2) is 0 Å². The summed E-state index contributed by atoms with van der Waals surface area (Å²) in [6.45, 7) is 0.135. The second-order valence-corrected chi connectivity index (χ2v) is 7.92. The average molecular weight is 476 g/mol. The average Bonchev–Trinajstić information content (AvgIpc) is 3.33. The van der Waals surface area contributed by atoms with Crippen molar-refractivity contribution in [3.8, 4) is 23.8 Å². The number of imide groups is 1. The van der Waals surface area contributed by atoms with Crippen molar-refractivity contribution in [1.29, 1.82) is 0 Å². The van der Waals surface area contributed by atoms with Crippen LogP contribution in [0.2, 0.25) is 0 Å². The molecule has 1 aliphatic heterocycles. The topological polar surface area (TPSA) is 68.2 Å². The van der Waals surface area contributed by atoms with Crippen LogP contribution in [0.5, 0.6) is 11.5 Å². The summed E-state index contributed by atoms with van der Waals surface area (Å²) in [7, 11) is 1.53. The van der Waals surface area contributed by atoms with E-state index in [9.17, 15) is 9.59 Å². The highest BCUT2D eigenvalue weighted by atomic mass is 127. The largest absolute Gasteiger partial charge is 0.493 e. The fraction of sp³-hybridized carbons (Fsp3) is 0.350. The maximum Gasteiger partial charge on any atom is 0.254 e. The fourth-order valence-corrected chi connectivity index (χ4v) is 4.97. The molecule has 2 aliphatic carbocycles. The summed E-state index contributed by atoms with van der Waals surface area (Å²) in [5.74, 6) is 2.92. The van der Waals surface area contributed by atoms with E-state index in [1.807, 2.05) is 6.07 Å². The van der Waals surface area contributed by atoms with Crippen LogP contribution in [-0.4, -0.2) is 36.8 Å². The van der Waals surface area contributed by atoms with Crippen molar-refractivity contribution >= 4 is 40.6 Å². The molecule has 0 spiro atoms. The van der Waals surface area contributed by atoms with Crippen LogP contribution in [0.15, 0.2) is 29.4 Å². The third kappa shape index (κ3) is 2.92. The SMILES string of the molecule is C#CCOc1c(I)cc(C=NN2C(=O)C3C4C=CC(C4)C3C2=O)cc1OC. The lowest BCUT2D eigenvalue weighted by molar-refractivity contribution is -0.140. The Kier molecular flexibility index (Phi) is 4.68. The van der Waals surface area contributed by atoms with Gasteiger partial charge < -0.3 is 9.47 Å². The molecule has 0 radical (unpaired) electrons. The van der Waals surface area contributed by atoms with Crippen molar-refractivity contribution in [2.45, 2.75) is 6.42 Å². The highest BCUT2D eigenvalue weighted by Gasteiger charge is 2.59. The van der Waals surface area contributed by atoms with E-state index in [0.29, 0.717) is 17.1 Å². The lowest BCUT2D eigenvalue weighted by Gasteiger charge is -2.13. The predicted molar refractivity (Wildman–Crippen MR) is 107 cm³/mol. The van der Waals surface area contributed by atoms with Crippen molar-refractivity contribution in [1.82, 2.24) is 5.01 Å². The van der Waals surface area contributed by atoms with Crippen molar-refractivity contribution in [2.75, 3.05) is 13.7 Å². The zero-order valence-electron chi connectivity index (χ0n) is 14.6. The third-order valence-electron chi connectivity index (χ3n) is 5.32. The van der Waals surface area contributed by atoms with Crippen LogP contribution < -0.4 is 9.47 Å². The molecule has 2 amide bonds. The lowest BCUT2D eigenvalue weighted by Crippen LogP contribution is -2.28. The third-order valence-corrected chi connectivity index (χ3v) is 6.12. The van der Waals surface area contributed by atoms with Crippen LogP contribution in [-0.2, 0) is 9.59 Å². The van der Waals surface area contributed by atoms with Gasteiger partial charge in [-0.15, -0.1) is 6.42 Å². The number of nitrogens with zero attached hydrogens (tertiary/aromatic N) is 2. The highest BCUT2D eigenvalue weighted by molar-refractivity contribution is 14.1. The van der Waals surface area contributed by atoms with Gasteiger partial charge in [-0.05, 0) is 58.5 Å². The van der Waals surface area contributed by atoms with E-state index >= 15 is 0 Å². The lowest BCUT2D eigenvalue weighted by atomic mass is 9.85. The fourth-order valence-electron chi connectivity index (χ4n) is 4.19. The number of halogens is 1. The van der Waals surface area contributed by atoms with Crippen molar-refractivity contribution in [3.63, 3.8) is 0 Å². The summed E-state index contributed by atoms with van der Waals surface area (Å²) in [4.78, 5) is 25.3. The molecule has 1 saturated carbocycles. The van der Waals surface area contributed by atoms with E-state index in [2.05, 4.69) is 45.8 Å². The van der Waals surface area contributed by atoms with Crippen molar-refractivity contribution < 1.29 is 19.1 Å². The Hall–Kier alpha value is -2.34. The molecule has 0 N–H and O–H groups in total. The molecule has 6 nitrogen and oxygen atoms in total. The minimum Gasteiger partial charge on any atom is -0.493 e. The van der Waals surface area contributed by atoms with Gasteiger partial charge in [-0.2, -0.15) is 10.1 Å². The zero-order valence-corrected chi connectivity index (χ0v) is 16.8. The van der Waals surface area contributed by atoms with Gasteiger partial charge in [0.15, 0.2) is 11.5 Å². The van der Waals surface area contributed by atoms with E-state index in [1.54, 1.807) is 6.07 Å². The first-order chi connectivity index (χ1) is 13.0. The Balaban J connectivity index is 1.57. The summed E-state index contributed by atoms with van der Waals surface area (Å²) in [6, 6.07) is 3.56. The summed E-state index contributed by atoms with van der Waals surface area (Å²) in [5.41, 5.74) is 0.697. The highest BCUT2D eigenvalue weighted by Crippen LogP contribution is 2.52. The number of ether oxygens (including phenoxy) is 2.